The van der Waals surface area contributed by atoms with Gasteiger partial charge in [0.2, 0.25) is 5.95 Å². The van der Waals surface area contributed by atoms with Gasteiger partial charge in [-0.25, -0.2) is 9.78 Å². The molecule has 1 aliphatic heterocycles. The maximum Gasteiger partial charge on any atom is 0.410 e. The first-order valence-corrected chi connectivity index (χ1v) is 8.11. The Morgan fingerprint density at radius 3 is 2.65 bits per heavy atom. The van der Waals surface area contributed by atoms with Gasteiger partial charge < -0.3 is 16.2 Å². The van der Waals surface area contributed by atoms with E-state index in [1.165, 1.54) is 0 Å². The van der Waals surface area contributed by atoms with E-state index >= 15 is 0 Å². The lowest BCUT2D eigenvalue weighted by atomic mass is 9.98. The Hall–Kier alpha value is -3.34. The Bertz CT molecular complexity index is 926. The second kappa shape index (κ2) is 6.19. The smallest absolute Gasteiger partial charge is 0.410 e. The molecule has 1 aliphatic rings. The first-order valence-electron chi connectivity index (χ1n) is 8.11. The summed E-state index contributed by atoms with van der Waals surface area (Å²) >= 11 is 0. The summed E-state index contributed by atoms with van der Waals surface area (Å²) in [5.74, 6) is 0.0331. The Balaban J connectivity index is 2.01. The van der Waals surface area contributed by atoms with Gasteiger partial charge in [-0.2, -0.15) is 10.2 Å². The molecule has 8 heteroatoms. The second-order valence-corrected chi connectivity index (χ2v) is 7.08. The molecule has 0 aliphatic carbocycles. The van der Waals surface area contributed by atoms with Gasteiger partial charge in [0.1, 0.15) is 23.1 Å². The van der Waals surface area contributed by atoms with Crippen molar-refractivity contribution in [2.24, 2.45) is 0 Å². The zero-order valence-corrected chi connectivity index (χ0v) is 14.9. The van der Waals surface area contributed by atoms with Crippen molar-refractivity contribution in [1.82, 2.24) is 14.9 Å². The van der Waals surface area contributed by atoms with Crippen LogP contribution >= 0.6 is 0 Å². The van der Waals surface area contributed by atoms with Crippen molar-refractivity contribution in [3.63, 3.8) is 0 Å². The number of hydrogen-bond acceptors (Lipinski definition) is 7. The lowest BCUT2D eigenvalue weighted by molar-refractivity contribution is 0.0242. The van der Waals surface area contributed by atoms with Gasteiger partial charge in [-0.15, -0.1) is 0 Å². The van der Waals surface area contributed by atoms with E-state index < -0.39 is 5.60 Å². The summed E-state index contributed by atoms with van der Waals surface area (Å²) in [6.07, 6.45) is -0.387. The maximum atomic E-state index is 12.4. The second-order valence-electron chi connectivity index (χ2n) is 7.08. The van der Waals surface area contributed by atoms with Gasteiger partial charge in [0, 0.05) is 12.1 Å². The van der Waals surface area contributed by atoms with Crippen LogP contribution < -0.4 is 11.5 Å². The number of benzene rings is 1. The number of ether oxygens (including phenoxy) is 1. The molecule has 0 bridgehead atoms. The summed E-state index contributed by atoms with van der Waals surface area (Å²) < 4.78 is 5.45. The molecule has 2 heterocycles. The number of carbonyl (C=O) groups is 1. The normalized spacial score (nSPS) is 13.2. The average Bonchev–Trinajstić information content (AvgIpc) is 2.96. The highest BCUT2D eigenvalue weighted by Gasteiger charge is 2.30. The number of fused-ring (bicyclic) bond motifs is 1. The van der Waals surface area contributed by atoms with E-state index in [2.05, 4.69) is 9.97 Å². The van der Waals surface area contributed by atoms with Crippen molar-refractivity contribution in [1.29, 1.82) is 5.26 Å². The zero-order valence-electron chi connectivity index (χ0n) is 14.9. The van der Waals surface area contributed by atoms with Gasteiger partial charge in [0.15, 0.2) is 0 Å². The molecular formula is C18H20N6O2. The molecule has 0 radical (unpaired) electrons. The molecule has 8 nitrogen and oxygen atoms in total. The molecule has 2 aromatic rings. The highest BCUT2D eigenvalue weighted by atomic mass is 16.6. The molecule has 26 heavy (non-hydrogen) atoms. The van der Waals surface area contributed by atoms with E-state index in [1.807, 2.05) is 45.0 Å². The van der Waals surface area contributed by atoms with Crippen molar-refractivity contribution >= 4 is 17.9 Å². The summed E-state index contributed by atoms with van der Waals surface area (Å²) in [5.41, 5.74) is 14.1. The van der Waals surface area contributed by atoms with E-state index in [1.54, 1.807) is 4.90 Å². The molecule has 0 spiro atoms. The molecule has 4 N–H and O–H groups in total. The number of nitrogen functional groups attached to an aromatic ring is 2. The first-order chi connectivity index (χ1) is 12.2. The summed E-state index contributed by atoms with van der Waals surface area (Å²) in [5, 5.41) is 9.43. The van der Waals surface area contributed by atoms with Gasteiger partial charge in [0.25, 0.3) is 0 Å². The molecule has 1 amide bonds. The molecule has 0 saturated carbocycles. The van der Waals surface area contributed by atoms with Crippen LogP contribution in [0.25, 0.3) is 11.3 Å². The highest BCUT2D eigenvalue weighted by molar-refractivity contribution is 5.78. The third kappa shape index (κ3) is 3.24. The molecule has 0 unspecified atom stereocenters. The zero-order chi connectivity index (χ0) is 19.1. The van der Waals surface area contributed by atoms with Gasteiger partial charge in [0.05, 0.1) is 12.2 Å². The van der Waals surface area contributed by atoms with Crippen LogP contribution in [0.5, 0.6) is 0 Å². The van der Waals surface area contributed by atoms with Crippen LogP contribution in [0.3, 0.4) is 0 Å². The topological polar surface area (TPSA) is 131 Å². The molecule has 1 aromatic heterocycles. The number of nitrogens with two attached hydrogens (primary N) is 2. The Morgan fingerprint density at radius 1 is 1.27 bits per heavy atom. The SMILES string of the molecule is CC(C)(C)OC(=O)N1Cc2cccc(-c3nc(N)nc(N)c3C#N)c2C1. The first kappa shape index (κ1) is 17.5. The summed E-state index contributed by atoms with van der Waals surface area (Å²) in [4.78, 5) is 22.1. The number of amides is 1. The number of nitriles is 1. The van der Waals surface area contributed by atoms with Gasteiger partial charge >= 0.3 is 6.09 Å². The van der Waals surface area contributed by atoms with Crippen molar-refractivity contribution in [2.45, 2.75) is 39.5 Å². The fourth-order valence-corrected chi connectivity index (χ4v) is 2.90. The molecule has 134 valence electrons. The number of anilines is 2. The van der Waals surface area contributed by atoms with Crippen molar-refractivity contribution in [3.8, 4) is 17.3 Å². The van der Waals surface area contributed by atoms with Gasteiger partial charge in [-0.1, -0.05) is 18.2 Å². The number of nitrogens with zero attached hydrogens (tertiary/aromatic N) is 4. The van der Waals surface area contributed by atoms with Crippen molar-refractivity contribution < 1.29 is 9.53 Å². The molecule has 0 saturated heterocycles. The van der Waals surface area contributed by atoms with Crippen LogP contribution in [0.4, 0.5) is 16.6 Å². The largest absolute Gasteiger partial charge is 0.444 e. The monoisotopic (exact) mass is 352 g/mol. The van der Waals surface area contributed by atoms with Crippen LogP contribution in [-0.4, -0.2) is 26.6 Å². The fourth-order valence-electron chi connectivity index (χ4n) is 2.90. The maximum absolute atomic E-state index is 12.4. The lowest BCUT2D eigenvalue weighted by Gasteiger charge is -2.24. The molecule has 0 atom stereocenters. The standard InChI is InChI=1S/C18H20N6O2/c1-18(2,3)26-17(25)24-8-10-5-4-6-11(13(10)9-24)14-12(7-19)15(20)23-16(21)22-14/h4-6H,8-9H2,1-3H3,(H4,20,21,22,23). The van der Waals surface area contributed by atoms with Crippen LogP contribution in [0, 0.1) is 11.3 Å². The van der Waals surface area contributed by atoms with Crippen molar-refractivity contribution in [2.75, 3.05) is 11.5 Å². The third-order valence-corrected chi connectivity index (χ3v) is 3.96. The van der Waals surface area contributed by atoms with Gasteiger partial charge in [-0.05, 0) is 31.9 Å². The molecule has 0 fully saturated rings. The summed E-state index contributed by atoms with van der Waals surface area (Å²) in [6, 6.07) is 7.65. The Kier molecular flexibility index (Phi) is 4.16. The van der Waals surface area contributed by atoms with E-state index in [9.17, 15) is 10.1 Å². The number of aromatic nitrogens is 2. The van der Waals surface area contributed by atoms with E-state index in [-0.39, 0.29) is 23.4 Å². The average molecular weight is 352 g/mol. The van der Waals surface area contributed by atoms with E-state index in [4.69, 9.17) is 16.2 Å². The molecule has 1 aromatic carbocycles. The lowest BCUT2D eigenvalue weighted by Crippen LogP contribution is -2.33. The summed E-state index contributed by atoms with van der Waals surface area (Å²) in [6.45, 7) is 6.26. The minimum atomic E-state index is -0.571. The van der Waals surface area contributed by atoms with E-state index in [0.717, 1.165) is 11.1 Å². The van der Waals surface area contributed by atoms with Crippen molar-refractivity contribution in [3.05, 3.63) is 34.9 Å². The Morgan fingerprint density at radius 2 is 2.00 bits per heavy atom. The Labute approximate surface area is 151 Å². The minimum Gasteiger partial charge on any atom is -0.444 e. The predicted octanol–water partition coefficient (Wildman–Crippen LogP) is 2.43. The van der Waals surface area contributed by atoms with Crippen LogP contribution in [0.1, 0.15) is 37.5 Å². The number of carbonyl (C=O) groups excluding carboxylic acids is 1. The highest BCUT2D eigenvalue weighted by Crippen LogP contribution is 2.35. The van der Waals surface area contributed by atoms with Gasteiger partial charge in [-0.3, -0.25) is 4.90 Å². The molecule has 3 rings (SSSR count). The number of rotatable bonds is 1. The third-order valence-electron chi connectivity index (χ3n) is 3.96. The molecular weight excluding hydrogens is 332 g/mol. The summed E-state index contributed by atoms with van der Waals surface area (Å²) in [7, 11) is 0. The fraction of sp³-hybridized carbons (Fsp3) is 0.333. The van der Waals surface area contributed by atoms with E-state index in [0.29, 0.717) is 24.3 Å². The van der Waals surface area contributed by atoms with Crippen LogP contribution in [-0.2, 0) is 17.8 Å². The predicted molar refractivity (Wildman–Crippen MR) is 96.5 cm³/mol. The number of hydrogen-bond donors (Lipinski definition) is 2. The quantitative estimate of drug-likeness (QED) is 0.805. The van der Waals surface area contributed by atoms with Crippen LogP contribution in [0.15, 0.2) is 18.2 Å². The van der Waals surface area contributed by atoms with Crippen LogP contribution in [0.2, 0.25) is 0 Å². The minimum absolute atomic E-state index is 0.00361.